The molecule has 0 bridgehead atoms. The molecule has 1 atom stereocenters. The molecule has 5 heteroatoms. The zero-order valence-electron chi connectivity index (χ0n) is 12.6. The number of halogens is 2. The van der Waals surface area contributed by atoms with Crippen LogP contribution in [0.4, 0.5) is 0 Å². The van der Waals surface area contributed by atoms with Crippen molar-refractivity contribution < 1.29 is 14.6 Å². The lowest BCUT2D eigenvalue weighted by atomic mass is 9.89. The van der Waals surface area contributed by atoms with Crippen molar-refractivity contribution in [2.24, 2.45) is 0 Å². The monoisotopic (exact) mass is 344 g/mol. The van der Waals surface area contributed by atoms with Crippen molar-refractivity contribution in [1.29, 1.82) is 0 Å². The summed E-state index contributed by atoms with van der Waals surface area (Å²) >= 11 is 12.7. The van der Waals surface area contributed by atoms with Gasteiger partial charge in [-0.2, -0.15) is 0 Å². The number of hydrogen-bond acceptors (Lipinski definition) is 3. The first-order chi connectivity index (χ1) is 10.6. The maximum absolute atomic E-state index is 9.60. The SMILES string of the molecule is Oc1cc(Cl)c(C2CCCCC3(CCC2)OCCO3)c(Cl)c1. The van der Waals surface area contributed by atoms with Crippen molar-refractivity contribution in [2.45, 2.75) is 56.7 Å². The Morgan fingerprint density at radius 2 is 1.55 bits per heavy atom. The van der Waals surface area contributed by atoms with Gasteiger partial charge < -0.3 is 14.6 Å². The smallest absolute Gasteiger partial charge is 0.168 e. The van der Waals surface area contributed by atoms with Gasteiger partial charge in [0.2, 0.25) is 0 Å². The highest BCUT2D eigenvalue weighted by molar-refractivity contribution is 6.36. The second kappa shape index (κ2) is 6.96. The van der Waals surface area contributed by atoms with Crippen molar-refractivity contribution in [3.8, 4) is 5.75 Å². The van der Waals surface area contributed by atoms with Gasteiger partial charge in [-0.3, -0.25) is 0 Å². The summed E-state index contributed by atoms with van der Waals surface area (Å²) in [6.45, 7) is 1.41. The molecule has 1 unspecified atom stereocenters. The van der Waals surface area contributed by atoms with Gasteiger partial charge in [0.1, 0.15) is 5.75 Å². The Morgan fingerprint density at radius 3 is 2.23 bits per heavy atom. The number of ether oxygens (including phenoxy) is 2. The molecule has 122 valence electrons. The Bertz CT molecular complexity index is 504. The van der Waals surface area contributed by atoms with Crippen LogP contribution in [0.5, 0.6) is 5.75 Å². The fourth-order valence-electron chi connectivity index (χ4n) is 3.71. The molecule has 2 fully saturated rings. The average Bonchev–Trinajstić information content (AvgIpc) is 2.93. The topological polar surface area (TPSA) is 38.7 Å². The molecule has 3 rings (SSSR count). The summed E-state index contributed by atoms with van der Waals surface area (Å²) in [5, 5.41) is 10.7. The maximum atomic E-state index is 9.60. The summed E-state index contributed by atoms with van der Waals surface area (Å²) in [5.41, 5.74) is 0.977. The van der Waals surface area contributed by atoms with Crippen molar-refractivity contribution in [2.75, 3.05) is 13.2 Å². The lowest BCUT2D eigenvalue weighted by Crippen LogP contribution is -2.29. The van der Waals surface area contributed by atoms with Crippen molar-refractivity contribution in [3.63, 3.8) is 0 Å². The average molecular weight is 345 g/mol. The largest absolute Gasteiger partial charge is 0.508 e. The number of benzene rings is 1. The number of phenolic OH excluding ortho intramolecular Hbond substituents is 1. The van der Waals surface area contributed by atoms with Crippen LogP contribution in [0.2, 0.25) is 10.0 Å². The Labute approximate surface area is 141 Å². The summed E-state index contributed by atoms with van der Waals surface area (Å²) in [6, 6.07) is 3.17. The minimum Gasteiger partial charge on any atom is -0.508 e. The van der Waals surface area contributed by atoms with Crippen molar-refractivity contribution in [3.05, 3.63) is 27.7 Å². The van der Waals surface area contributed by atoms with E-state index in [-0.39, 0.29) is 11.5 Å². The first kappa shape index (κ1) is 16.4. The number of hydrogen-bond donors (Lipinski definition) is 1. The quantitative estimate of drug-likeness (QED) is 0.754. The van der Waals surface area contributed by atoms with Crippen LogP contribution >= 0.6 is 23.2 Å². The first-order valence-corrected chi connectivity index (χ1v) is 8.81. The van der Waals surface area contributed by atoms with E-state index < -0.39 is 0 Å². The van der Waals surface area contributed by atoms with Gasteiger partial charge in [-0.25, -0.2) is 0 Å². The minimum atomic E-state index is -0.350. The summed E-state index contributed by atoms with van der Waals surface area (Å²) in [5.74, 6) is 0.0999. The van der Waals surface area contributed by atoms with Gasteiger partial charge in [0.15, 0.2) is 5.79 Å². The Balaban J connectivity index is 1.75. The van der Waals surface area contributed by atoms with Gasteiger partial charge in [0, 0.05) is 22.9 Å². The van der Waals surface area contributed by atoms with E-state index in [1.807, 2.05) is 0 Å². The van der Waals surface area contributed by atoms with Crippen LogP contribution in [-0.2, 0) is 9.47 Å². The Morgan fingerprint density at radius 1 is 0.955 bits per heavy atom. The maximum Gasteiger partial charge on any atom is 0.168 e. The third kappa shape index (κ3) is 3.53. The third-order valence-corrected chi connectivity index (χ3v) is 5.38. The highest BCUT2D eigenvalue weighted by Crippen LogP contribution is 2.42. The molecule has 1 spiro atoms. The normalized spacial score (nSPS) is 25.6. The van der Waals surface area contributed by atoms with Crippen LogP contribution in [-0.4, -0.2) is 24.1 Å². The summed E-state index contributed by atoms with van der Waals surface area (Å²) < 4.78 is 11.7. The lowest BCUT2D eigenvalue weighted by molar-refractivity contribution is -0.168. The molecule has 2 aliphatic rings. The summed E-state index contributed by atoms with van der Waals surface area (Å²) in [7, 11) is 0. The van der Waals surface area contributed by atoms with E-state index in [9.17, 15) is 5.11 Å². The lowest BCUT2D eigenvalue weighted by Gasteiger charge is -2.27. The minimum absolute atomic E-state index is 0.119. The van der Waals surface area contributed by atoms with E-state index in [4.69, 9.17) is 32.7 Å². The van der Waals surface area contributed by atoms with Crippen LogP contribution in [0.1, 0.15) is 56.4 Å². The predicted octanol–water partition coefficient (Wildman–Crippen LogP) is 5.27. The van der Waals surface area contributed by atoms with Crippen LogP contribution < -0.4 is 0 Å². The molecule has 1 aromatic rings. The van der Waals surface area contributed by atoms with E-state index in [1.165, 1.54) is 0 Å². The molecule has 1 aromatic carbocycles. The molecule has 0 radical (unpaired) electrons. The highest BCUT2D eigenvalue weighted by Gasteiger charge is 2.36. The van der Waals surface area contributed by atoms with Crippen LogP contribution in [0.3, 0.4) is 0 Å². The predicted molar refractivity (Wildman–Crippen MR) is 87.8 cm³/mol. The van der Waals surface area contributed by atoms with Gasteiger partial charge in [-0.05, 0) is 49.3 Å². The number of aromatic hydroxyl groups is 1. The van der Waals surface area contributed by atoms with E-state index in [0.717, 1.165) is 50.5 Å². The highest BCUT2D eigenvalue weighted by atomic mass is 35.5. The Hall–Kier alpha value is -0.480. The zero-order valence-corrected chi connectivity index (χ0v) is 14.1. The first-order valence-electron chi connectivity index (χ1n) is 8.05. The van der Waals surface area contributed by atoms with Gasteiger partial charge in [0.25, 0.3) is 0 Å². The zero-order chi connectivity index (χ0) is 15.6. The van der Waals surface area contributed by atoms with Gasteiger partial charge in [-0.1, -0.05) is 29.6 Å². The molecule has 0 aromatic heterocycles. The summed E-state index contributed by atoms with van der Waals surface area (Å²) in [4.78, 5) is 0. The van der Waals surface area contributed by atoms with E-state index in [1.54, 1.807) is 12.1 Å². The van der Waals surface area contributed by atoms with Crippen LogP contribution in [0.25, 0.3) is 0 Å². The fraction of sp³-hybridized carbons (Fsp3) is 0.647. The molecule has 0 amide bonds. The molecule has 22 heavy (non-hydrogen) atoms. The molecule has 1 aliphatic heterocycles. The fourth-order valence-corrected chi connectivity index (χ4v) is 4.49. The second-order valence-corrected chi connectivity index (χ2v) is 7.08. The standard InChI is InChI=1S/C17H22Cl2O3/c18-14-10-13(20)11-15(19)16(14)12-4-1-2-6-17(7-3-5-12)21-8-9-22-17/h10-12,20H,1-9H2. The Kier molecular flexibility index (Phi) is 5.18. The van der Waals surface area contributed by atoms with E-state index in [0.29, 0.717) is 29.2 Å². The molecule has 3 nitrogen and oxygen atoms in total. The third-order valence-electron chi connectivity index (χ3n) is 4.76. The van der Waals surface area contributed by atoms with E-state index >= 15 is 0 Å². The van der Waals surface area contributed by atoms with Gasteiger partial charge in [0.05, 0.1) is 13.2 Å². The number of phenols is 1. The molecule has 1 N–H and O–H groups in total. The summed E-state index contributed by atoms with van der Waals surface area (Å²) in [6.07, 6.45) is 7.18. The number of rotatable bonds is 1. The molecule has 1 aliphatic carbocycles. The molecular formula is C17H22Cl2O3. The van der Waals surface area contributed by atoms with Crippen LogP contribution in [0.15, 0.2) is 12.1 Å². The molecule has 1 saturated heterocycles. The van der Waals surface area contributed by atoms with Crippen molar-refractivity contribution in [1.82, 2.24) is 0 Å². The van der Waals surface area contributed by atoms with Crippen molar-refractivity contribution >= 4 is 23.2 Å². The van der Waals surface area contributed by atoms with Gasteiger partial charge in [-0.15, -0.1) is 0 Å². The van der Waals surface area contributed by atoms with E-state index in [2.05, 4.69) is 0 Å². The molecular weight excluding hydrogens is 323 g/mol. The van der Waals surface area contributed by atoms with Crippen LogP contribution in [0, 0.1) is 0 Å². The second-order valence-electron chi connectivity index (χ2n) is 6.27. The molecule has 1 saturated carbocycles. The molecule has 1 heterocycles. The van der Waals surface area contributed by atoms with Gasteiger partial charge >= 0.3 is 0 Å².